The maximum Gasteiger partial charge on any atom is 0.416 e. The number of carbonyl (C=O) groups excluding carboxylic acids is 1. The highest BCUT2D eigenvalue weighted by Gasteiger charge is 2.31. The Labute approximate surface area is 186 Å². The molecule has 4 aromatic heterocycles. The largest absolute Gasteiger partial charge is 0.416 e. The monoisotopic (exact) mass is 449 g/mol. The summed E-state index contributed by atoms with van der Waals surface area (Å²) in [6, 6.07) is 12.3. The maximum absolute atomic E-state index is 13.2. The van der Waals surface area contributed by atoms with Crippen molar-refractivity contribution in [2.24, 2.45) is 7.05 Å². The lowest BCUT2D eigenvalue weighted by Crippen LogP contribution is -2.17. The van der Waals surface area contributed by atoms with Crippen LogP contribution in [-0.4, -0.2) is 25.0 Å². The smallest absolute Gasteiger partial charge is 0.336 e. The molecule has 0 fully saturated rings. The Morgan fingerprint density at radius 2 is 1.82 bits per heavy atom. The van der Waals surface area contributed by atoms with E-state index >= 15 is 0 Å². The van der Waals surface area contributed by atoms with Gasteiger partial charge < -0.3 is 14.5 Å². The van der Waals surface area contributed by atoms with Crippen LogP contribution in [0.15, 0.2) is 73.3 Å². The summed E-state index contributed by atoms with van der Waals surface area (Å²) in [6.45, 7) is 0.302. The molecule has 0 spiro atoms. The van der Waals surface area contributed by atoms with Crippen molar-refractivity contribution in [1.29, 1.82) is 0 Å². The van der Waals surface area contributed by atoms with Crippen LogP contribution in [-0.2, 0) is 19.8 Å². The summed E-state index contributed by atoms with van der Waals surface area (Å²) >= 11 is 0. The van der Waals surface area contributed by atoms with Gasteiger partial charge in [-0.3, -0.25) is 9.78 Å². The average Bonchev–Trinajstić information content (AvgIpc) is 3.34. The van der Waals surface area contributed by atoms with E-state index in [1.807, 2.05) is 23.9 Å². The minimum Gasteiger partial charge on any atom is -0.336 e. The lowest BCUT2D eigenvalue weighted by atomic mass is 10.1. The van der Waals surface area contributed by atoms with Crippen molar-refractivity contribution in [3.05, 3.63) is 90.1 Å². The van der Waals surface area contributed by atoms with Crippen LogP contribution in [0.25, 0.3) is 21.9 Å². The summed E-state index contributed by atoms with van der Waals surface area (Å²) in [7, 11) is 1.88. The van der Waals surface area contributed by atoms with Crippen molar-refractivity contribution in [3.8, 4) is 0 Å². The first-order chi connectivity index (χ1) is 15.8. The molecule has 5 aromatic rings. The number of carbonyl (C=O) groups is 1. The lowest BCUT2D eigenvalue weighted by Gasteiger charge is -2.12. The number of hydrogen-bond donors (Lipinski definition) is 1. The standard InChI is InChI=1S/C24H18F3N5O/c1-31-9-6-16-11-19(13-29-22(16)31)30-23(33)21-12-17-10-18(24(25,26)27)2-3-20(17)32(21)14-15-4-7-28-8-5-15/h2-13H,14H2,1H3,(H,30,33). The fourth-order valence-corrected chi connectivity index (χ4v) is 3.89. The molecule has 0 atom stereocenters. The molecule has 0 saturated carbocycles. The van der Waals surface area contributed by atoms with Gasteiger partial charge in [0.15, 0.2) is 0 Å². The van der Waals surface area contributed by atoms with Crippen molar-refractivity contribution < 1.29 is 18.0 Å². The summed E-state index contributed by atoms with van der Waals surface area (Å²) in [6.07, 6.45) is 2.21. The first-order valence-electron chi connectivity index (χ1n) is 10.1. The number of halogens is 3. The number of aromatic nitrogens is 4. The SMILES string of the molecule is Cn1ccc2cc(NC(=O)c3cc4cc(C(F)(F)F)ccc4n3Cc3ccncc3)cnc21. The van der Waals surface area contributed by atoms with Crippen LogP contribution in [0.2, 0.25) is 0 Å². The van der Waals surface area contributed by atoms with Crippen molar-refractivity contribution in [2.45, 2.75) is 12.7 Å². The van der Waals surface area contributed by atoms with Crippen LogP contribution < -0.4 is 5.32 Å². The first-order valence-corrected chi connectivity index (χ1v) is 10.1. The zero-order valence-corrected chi connectivity index (χ0v) is 17.5. The Kier molecular flexibility index (Phi) is 4.88. The number of benzene rings is 1. The van der Waals surface area contributed by atoms with E-state index in [2.05, 4.69) is 15.3 Å². The highest BCUT2D eigenvalue weighted by atomic mass is 19.4. The fraction of sp³-hybridized carbons (Fsp3) is 0.125. The zero-order valence-electron chi connectivity index (χ0n) is 17.5. The van der Waals surface area contributed by atoms with Crippen LogP contribution in [0, 0.1) is 0 Å². The molecular formula is C24H18F3N5O. The minimum atomic E-state index is -4.47. The van der Waals surface area contributed by atoms with Gasteiger partial charge in [-0.2, -0.15) is 13.2 Å². The van der Waals surface area contributed by atoms with Crippen molar-refractivity contribution in [2.75, 3.05) is 5.32 Å². The summed E-state index contributed by atoms with van der Waals surface area (Å²) in [4.78, 5) is 21.6. The highest BCUT2D eigenvalue weighted by Crippen LogP contribution is 2.33. The summed E-state index contributed by atoms with van der Waals surface area (Å²) < 4.78 is 43.3. The molecule has 33 heavy (non-hydrogen) atoms. The van der Waals surface area contributed by atoms with E-state index in [1.165, 1.54) is 12.1 Å². The van der Waals surface area contributed by atoms with Crippen molar-refractivity contribution in [1.82, 2.24) is 19.1 Å². The van der Waals surface area contributed by atoms with E-state index in [4.69, 9.17) is 0 Å². The highest BCUT2D eigenvalue weighted by molar-refractivity contribution is 6.07. The zero-order chi connectivity index (χ0) is 23.2. The van der Waals surface area contributed by atoms with Crippen LogP contribution in [0.4, 0.5) is 18.9 Å². The Morgan fingerprint density at radius 3 is 2.58 bits per heavy atom. The van der Waals surface area contributed by atoms with Gasteiger partial charge in [-0.15, -0.1) is 0 Å². The molecule has 166 valence electrons. The molecule has 1 aromatic carbocycles. The predicted molar refractivity (Wildman–Crippen MR) is 119 cm³/mol. The minimum absolute atomic E-state index is 0.245. The molecule has 0 saturated heterocycles. The van der Waals surface area contributed by atoms with E-state index in [0.717, 1.165) is 28.7 Å². The van der Waals surface area contributed by atoms with E-state index in [1.54, 1.807) is 41.4 Å². The third-order valence-corrected chi connectivity index (χ3v) is 5.52. The molecule has 1 amide bonds. The number of rotatable bonds is 4. The normalized spacial score (nSPS) is 11.9. The molecule has 0 bridgehead atoms. The molecular weight excluding hydrogens is 431 g/mol. The van der Waals surface area contributed by atoms with Gasteiger partial charge in [0, 0.05) is 48.5 Å². The predicted octanol–water partition coefficient (Wildman–Crippen LogP) is 5.24. The fourth-order valence-electron chi connectivity index (χ4n) is 3.89. The van der Waals surface area contributed by atoms with Crippen LogP contribution >= 0.6 is 0 Å². The molecule has 1 N–H and O–H groups in total. The van der Waals surface area contributed by atoms with Gasteiger partial charge in [0.1, 0.15) is 11.3 Å². The Morgan fingerprint density at radius 1 is 1.03 bits per heavy atom. The van der Waals surface area contributed by atoms with Gasteiger partial charge in [-0.25, -0.2) is 4.98 Å². The molecule has 0 unspecified atom stereocenters. The Bertz CT molecular complexity index is 1490. The van der Waals surface area contributed by atoms with E-state index in [0.29, 0.717) is 23.1 Å². The molecule has 0 aliphatic carbocycles. The molecule has 4 heterocycles. The number of nitrogens with zero attached hydrogens (tertiary/aromatic N) is 4. The van der Waals surface area contributed by atoms with Gasteiger partial charge >= 0.3 is 6.18 Å². The third-order valence-electron chi connectivity index (χ3n) is 5.52. The molecule has 0 radical (unpaired) electrons. The number of anilines is 1. The average molecular weight is 449 g/mol. The molecule has 5 rings (SSSR count). The van der Waals surface area contributed by atoms with Gasteiger partial charge in [-0.1, -0.05) is 0 Å². The van der Waals surface area contributed by atoms with E-state index in [9.17, 15) is 18.0 Å². The third kappa shape index (κ3) is 3.93. The number of pyridine rings is 2. The summed E-state index contributed by atoms with van der Waals surface area (Å²) in [5.74, 6) is -0.439. The topological polar surface area (TPSA) is 64.7 Å². The van der Waals surface area contributed by atoms with Gasteiger partial charge in [-0.05, 0) is 54.1 Å². The van der Waals surface area contributed by atoms with Crippen LogP contribution in [0.1, 0.15) is 21.6 Å². The second-order valence-electron chi connectivity index (χ2n) is 7.76. The molecule has 6 nitrogen and oxygen atoms in total. The van der Waals surface area contributed by atoms with Crippen molar-refractivity contribution in [3.63, 3.8) is 0 Å². The van der Waals surface area contributed by atoms with E-state index < -0.39 is 17.6 Å². The lowest BCUT2D eigenvalue weighted by molar-refractivity contribution is -0.137. The van der Waals surface area contributed by atoms with Gasteiger partial charge in [0.2, 0.25) is 0 Å². The molecule has 0 aliphatic rings. The number of fused-ring (bicyclic) bond motifs is 2. The maximum atomic E-state index is 13.2. The van der Waals surface area contributed by atoms with Crippen molar-refractivity contribution >= 4 is 33.5 Å². The number of aryl methyl sites for hydroxylation is 1. The van der Waals surface area contributed by atoms with Crippen LogP contribution in [0.3, 0.4) is 0 Å². The molecule has 9 heteroatoms. The summed E-state index contributed by atoms with van der Waals surface area (Å²) in [5.41, 5.74) is 2.15. The number of amides is 1. The second-order valence-corrected chi connectivity index (χ2v) is 7.76. The Hall–Kier alpha value is -4.14. The quantitative estimate of drug-likeness (QED) is 0.408. The summed E-state index contributed by atoms with van der Waals surface area (Å²) in [5, 5.41) is 4.02. The number of alkyl halides is 3. The van der Waals surface area contributed by atoms with Gasteiger partial charge in [0.25, 0.3) is 5.91 Å². The molecule has 0 aliphatic heterocycles. The van der Waals surface area contributed by atoms with E-state index in [-0.39, 0.29) is 5.69 Å². The number of nitrogens with one attached hydrogen (secondary N) is 1. The number of hydrogen-bond acceptors (Lipinski definition) is 3. The van der Waals surface area contributed by atoms with Gasteiger partial charge in [0.05, 0.1) is 17.4 Å². The second kappa shape index (κ2) is 7.77. The van der Waals surface area contributed by atoms with Crippen LogP contribution in [0.5, 0.6) is 0 Å². The Balaban J connectivity index is 1.56. The first kappa shape index (κ1) is 20.7.